The van der Waals surface area contributed by atoms with Crippen LogP contribution in [-0.2, 0) is 0 Å². The molecule has 32 heteroatoms. The van der Waals surface area contributed by atoms with Gasteiger partial charge in [0.25, 0.3) is 0 Å². The van der Waals surface area contributed by atoms with Crippen molar-refractivity contribution in [2.75, 3.05) is 0 Å². The molecule has 0 bridgehead atoms. The second kappa shape index (κ2) is 24.7. The van der Waals surface area contributed by atoms with Gasteiger partial charge in [-0.05, 0) is 0 Å². The Morgan fingerprint density at radius 1 is 0.211 bits per heavy atom. The SMILES string of the molecule is F[B-](F)(F)F.F[B-](F)(F)F.F[B-](F)(F)F.F[B-](F)(F)F.F[B-](F)(F)F.F[B-](F)(F)F.N#N.c1ccccc1. The summed E-state index contributed by atoms with van der Waals surface area (Å²) < 4.78 is 234. The van der Waals surface area contributed by atoms with E-state index in [0.29, 0.717) is 0 Å². The summed E-state index contributed by atoms with van der Waals surface area (Å²) in [6, 6.07) is 12.0. The molecule has 0 saturated carbocycles. The molecule has 0 aromatic heterocycles. The maximum atomic E-state index is 9.75. The molecule has 0 heterocycles. The van der Waals surface area contributed by atoms with E-state index in [2.05, 4.69) is 0 Å². The summed E-state index contributed by atoms with van der Waals surface area (Å²) in [6.45, 7) is 0. The minimum absolute atomic E-state index is 2.00. The first-order valence-corrected chi connectivity index (χ1v) is 7.44. The molecule has 1 rings (SSSR count). The third kappa shape index (κ3) is 3110. The molecule has 0 aliphatic heterocycles. The molecule has 0 N–H and O–H groups in total. The fourth-order valence-corrected chi connectivity index (χ4v) is 0.385. The largest absolute Gasteiger partial charge is 0.673 e. The molecule has 1 aromatic carbocycles. The number of nitrogens with zero attached hydrogens (tertiary/aromatic N) is 2. The maximum absolute atomic E-state index is 9.75. The van der Waals surface area contributed by atoms with E-state index in [1.54, 1.807) is 0 Å². The first-order chi connectivity index (χ1) is 16.0. The van der Waals surface area contributed by atoms with E-state index in [4.69, 9.17) is 10.8 Å². The van der Waals surface area contributed by atoms with Crippen LogP contribution in [0.5, 0.6) is 0 Å². The quantitative estimate of drug-likeness (QED) is 0.164. The molecule has 2 nitrogen and oxygen atoms in total. The second-order valence-electron chi connectivity index (χ2n) is 4.12. The van der Waals surface area contributed by atoms with Crippen LogP contribution in [-0.4, -0.2) is 43.5 Å². The molecule has 38 heavy (non-hydrogen) atoms. The minimum atomic E-state index is -6.00. The van der Waals surface area contributed by atoms with E-state index in [1.165, 1.54) is 0 Å². The molecule has 0 unspecified atom stereocenters. The van der Waals surface area contributed by atoms with Gasteiger partial charge in [-0.3, -0.25) is 0 Å². The Morgan fingerprint density at radius 3 is 0.263 bits per heavy atom. The van der Waals surface area contributed by atoms with Crippen LogP contribution in [0.25, 0.3) is 0 Å². The van der Waals surface area contributed by atoms with Gasteiger partial charge < -0.3 is 104 Å². The van der Waals surface area contributed by atoms with Gasteiger partial charge in [0.05, 0.1) is 0 Å². The van der Waals surface area contributed by atoms with Crippen molar-refractivity contribution in [3.05, 3.63) is 36.4 Å². The number of rotatable bonds is 0. The Kier molecular flexibility index (Phi) is 33.7. The number of halogens is 24. The van der Waals surface area contributed by atoms with Gasteiger partial charge in [-0.2, -0.15) is 0 Å². The molecule has 0 fully saturated rings. The monoisotopic (exact) mass is 628 g/mol. The zero-order valence-electron chi connectivity index (χ0n) is 16.9. The van der Waals surface area contributed by atoms with Crippen LogP contribution in [0, 0.1) is 10.8 Å². The number of hydrogen-bond donors (Lipinski definition) is 0. The van der Waals surface area contributed by atoms with E-state index in [1.807, 2.05) is 36.4 Å². The zero-order chi connectivity index (χ0) is 33.2. The number of benzene rings is 1. The fraction of sp³-hybridized carbons (Fsp3) is 0. The van der Waals surface area contributed by atoms with Crippen LogP contribution in [0.15, 0.2) is 36.4 Å². The summed E-state index contributed by atoms with van der Waals surface area (Å²) in [5.74, 6) is 0. The van der Waals surface area contributed by atoms with Crippen molar-refractivity contribution >= 4 is 43.5 Å². The van der Waals surface area contributed by atoms with Crippen molar-refractivity contribution < 1.29 is 104 Å². The summed E-state index contributed by atoms with van der Waals surface area (Å²) in [7, 11) is -36.0. The predicted octanol–water partition coefficient (Wildman–Crippen LogP) is 9.52. The molecule has 0 radical (unpaired) electrons. The van der Waals surface area contributed by atoms with Crippen molar-refractivity contribution in [3.63, 3.8) is 0 Å². The van der Waals surface area contributed by atoms with E-state index in [9.17, 15) is 104 Å². The Morgan fingerprint density at radius 2 is 0.237 bits per heavy atom. The van der Waals surface area contributed by atoms with E-state index in [0.717, 1.165) is 0 Å². The summed E-state index contributed by atoms with van der Waals surface area (Å²) in [4.78, 5) is 0. The van der Waals surface area contributed by atoms with Crippen molar-refractivity contribution in [3.8, 4) is 0 Å². The summed E-state index contributed by atoms with van der Waals surface area (Å²) in [5, 5.41) is 12.0. The van der Waals surface area contributed by atoms with Crippen molar-refractivity contribution in [2.24, 2.45) is 0 Å². The van der Waals surface area contributed by atoms with E-state index in [-0.39, 0.29) is 0 Å². The van der Waals surface area contributed by atoms with Gasteiger partial charge in [0.2, 0.25) is 0 Å². The molecule has 0 aliphatic rings. The van der Waals surface area contributed by atoms with Gasteiger partial charge in [-0.15, -0.1) is 0 Å². The predicted molar refractivity (Wildman–Crippen MR) is 91.0 cm³/mol. The minimum Gasteiger partial charge on any atom is -0.418 e. The molecule has 0 aliphatic carbocycles. The lowest BCUT2D eigenvalue weighted by molar-refractivity contribution is 0.366. The highest BCUT2D eigenvalue weighted by atomic mass is 19.5. The topological polar surface area (TPSA) is 47.6 Å². The Labute approximate surface area is 195 Å². The molecular formula is C6H6B6F24N2-6. The molecule has 0 amide bonds. The summed E-state index contributed by atoms with van der Waals surface area (Å²) >= 11 is 0. The molecular weight excluding hydrogens is 621 g/mol. The molecule has 232 valence electrons. The van der Waals surface area contributed by atoms with Crippen LogP contribution in [0.1, 0.15) is 0 Å². The van der Waals surface area contributed by atoms with E-state index >= 15 is 0 Å². The highest BCUT2D eigenvalue weighted by Crippen LogP contribution is 2.09. The lowest BCUT2D eigenvalue weighted by atomic mass is 10.3. The van der Waals surface area contributed by atoms with Gasteiger partial charge in [0.15, 0.2) is 0 Å². The normalized spacial score (nSPS) is 10.8. The Balaban J connectivity index is -0.0000000584. The first kappa shape index (κ1) is 51.9. The molecule has 1 aromatic rings. The second-order valence-corrected chi connectivity index (χ2v) is 4.12. The van der Waals surface area contributed by atoms with Gasteiger partial charge in [-0.1, -0.05) is 36.4 Å². The van der Waals surface area contributed by atoms with Crippen molar-refractivity contribution in [2.45, 2.75) is 0 Å². The van der Waals surface area contributed by atoms with E-state index < -0.39 is 43.5 Å². The van der Waals surface area contributed by atoms with Crippen LogP contribution in [0.4, 0.5) is 104 Å². The zero-order valence-corrected chi connectivity index (χ0v) is 16.9. The molecule has 0 saturated heterocycles. The fourth-order valence-electron chi connectivity index (χ4n) is 0.385. The lowest BCUT2D eigenvalue weighted by Gasteiger charge is -1.94. The van der Waals surface area contributed by atoms with Crippen LogP contribution in [0.2, 0.25) is 0 Å². The highest BCUT2D eigenvalue weighted by Gasteiger charge is 2.22. The van der Waals surface area contributed by atoms with Gasteiger partial charge in [-0.25, -0.2) is 0 Å². The smallest absolute Gasteiger partial charge is 0.418 e. The third-order valence-corrected chi connectivity index (χ3v) is 0.667. The highest BCUT2D eigenvalue weighted by molar-refractivity contribution is 6.51. The maximum Gasteiger partial charge on any atom is 0.673 e. The average Bonchev–Trinajstić information content (AvgIpc) is 2.49. The summed E-state index contributed by atoms with van der Waals surface area (Å²) in [6.07, 6.45) is 0. The average molecular weight is 627 g/mol. The van der Waals surface area contributed by atoms with Gasteiger partial charge in [0, 0.05) is 10.8 Å². The van der Waals surface area contributed by atoms with Crippen LogP contribution in [0.3, 0.4) is 0 Å². The first-order valence-electron chi connectivity index (χ1n) is 7.44. The van der Waals surface area contributed by atoms with Gasteiger partial charge >= 0.3 is 43.5 Å². The standard InChI is InChI=1S/C6H6.6BF4.N2/c1-2-4-6-5-3-1;6*2-1(3,4)5;1-2/h1-6H;;;;;;;/q;6*-1;. The van der Waals surface area contributed by atoms with Crippen molar-refractivity contribution in [1.29, 1.82) is 10.8 Å². The van der Waals surface area contributed by atoms with Gasteiger partial charge in [0.1, 0.15) is 0 Å². The Bertz CT molecular complexity index is 445. The van der Waals surface area contributed by atoms with Crippen LogP contribution >= 0.6 is 0 Å². The molecule has 0 atom stereocenters. The molecule has 0 spiro atoms. The van der Waals surface area contributed by atoms with Crippen molar-refractivity contribution in [1.82, 2.24) is 0 Å². The Hall–Kier alpha value is -2.65. The van der Waals surface area contributed by atoms with Crippen LogP contribution < -0.4 is 0 Å². The third-order valence-electron chi connectivity index (χ3n) is 0.667. The lowest BCUT2D eigenvalue weighted by Crippen LogP contribution is -2.02. The summed E-state index contributed by atoms with van der Waals surface area (Å²) in [5.41, 5.74) is 0. The number of hydrogen-bond acceptors (Lipinski definition) is 2.